The summed E-state index contributed by atoms with van der Waals surface area (Å²) < 4.78 is 26.8. The number of carbonyl (C=O) groups is 3. The Labute approximate surface area is 133 Å². The highest BCUT2D eigenvalue weighted by atomic mass is 16.7. The number of rotatable bonds is 4. The lowest BCUT2D eigenvalue weighted by Crippen LogP contribution is -2.57. The van der Waals surface area contributed by atoms with Gasteiger partial charge in [-0.15, -0.1) is 0 Å². The summed E-state index contributed by atoms with van der Waals surface area (Å²) in [6, 6.07) is 0. The van der Waals surface area contributed by atoms with Gasteiger partial charge in [0.25, 0.3) is 0 Å². The number of fused-ring (bicyclic) bond motifs is 1. The van der Waals surface area contributed by atoms with Crippen LogP contribution in [-0.4, -0.2) is 49.1 Å². The monoisotopic (exact) mass is 328 g/mol. The molecule has 0 spiro atoms. The minimum atomic E-state index is -0.900. The molecule has 0 aromatic carbocycles. The maximum Gasteiger partial charge on any atom is 0.303 e. The van der Waals surface area contributed by atoms with Crippen molar-refractivity contribution in [3.05, 3.63) is 11.8 Å². The number of hydrogen-bond acceptors (Lipinski definition) is 8. The van der Waals surface area contributed by atoms with Crippen molar-refractivity contribution in [1.29, 1.82) is 0 Å². The molecular weight excluding hydrogens is 308 g/mol. The summed E-state index contributed by atoms with van der Waals surface area (Å²) in [6.07, 6.45) is -1.41. The van der Waals surface area contributed by atoms with E-state index in [2.05, 4.69) is 0 Å². The van der Waals surface area contributed by atoms with Crippen LogP contribution >= 0.6 is 0 Å². The van der Waals surface area contributed by atoms with Crippen LogP contribution < -0.4 is 0 Å². The normalized spacial score (nSPS) is 32.2. The summed E-state index contributed by atoms with van der Waals surface area (Å²) >= 11 is 0. The predicted molar refractivity (Wildman–Crippen MR) is 74.7 cm³/mol. The average molecular weight is 328 g/mol. The van der Waals surface area contributed by atoms with Crippen molar-refractivity contribution in [3.8, 4) is 0 Å². The molecule has 8 heteroatoms. The van der Waals surface area contributed by atoms with Crippen LogP contribution in [-0.2, 0) is 38.1 Å². The summed E-state index contributed by atoms with van der Waals surface area (Å²) in [7, 11) is 0. The Hall–Kier alpha value is -2.09. The van der Waals surface area contributed by atoms with Crippen molar-refractivity contribution in [2.75, 3.05) is 6.61 Å². The van der Waals surface area contributed by atoms with Gasteiger partial charge < -0.3 is 23.7 Å². The van der Waals surface area contributed by atoms with Gasteiger partial charge in [0.05, 0.1) is 11.7 Å². The minimum absolute atomic E-state index is 0.142. The van der Waals surface area contributed by atoms with Gasteiger partial charge in [-0.1, -0.05) is 0 Å². The number of hydrogen-bond donors (Lipinski definition) is 0. The number of ether oxygens (including phenoxy) is 5. The quantitative estimate of drug-likeness (QED) is 0.549. The Morgan fingerprint density at radius 1 is 1.04 bits per heavy atom. The van der Waals surface area contributed by atoms with Crippen molar-refractivity contribution in [1.82, 2.24) is 0 Å². The third-order valence-electron chi connectivity index (χ3n) is 3.48. The third kappa shape index (κ3) is 4.22. The molecule has 2 aliphatic rings. The van der Waals surface area contributed by atoms with Crippen molar-refractivity contribution >= 4 is 17.9 Å². The van der Waals surface area contributed by atoms with Crippen molar-refractivity contribution in [2.24, 2.45) is 5.92 Å². The van der Waals surface area contributed by atoms with Gasteiger partial charge in [0.1, 0.15) is 12.7 Å². The van der Waals surface area contributed by atoms with Gasteiger partial charge in [0.15, 0.2) is 12.2 Å². The zero-order valence-electron chi connectivity index (χ0n) is 13.4. The van der Waals surface area contributed by atoms with Crippen molar-refractivity contribution in [2.45, 2.75) is 52.3 Å². The van der Waals surface area contributed by atoms with E-state index in [-0.39, 0.29) is 6.61 Å². The highest BCUT2D eigenvalue weighted by Crippen LogP contribution is 2.37. The first kappa shape index (κ1) is 17.3. The standard InChI is InChI=1S/C15H20O8/c1-7-5-11-13(21-9(3)17)14(22-10(4)18)12(6-19-8(2)16)23-15(11)20-7/h5,11-15H,6H2,1-4H3/t11-,12-,13-,14+,15+/m1/s1. The molecule has 0 N–H and O–H groups in total. The first-order valence-electron chi connectivity index (χ1n) is 7.26. The average Bonchev–Trinajstić information content (AvgIpc) is 2.78. The Bertz CT molecular complexity index is 526. The molecule has 2 aliphatic heterocycles. The van der Waals surface area contributed by atoms with Crippen molar-refractivity contribution in [3.63, 3.8) is 0 Å². The molecule has 0 radical (unpaired) electrons. The Kier molecular flexibility index (Phi) is 5.25. The third-order valence-corrected chi connectivity index (χ3v) is 3.48. The SMILES string of the molecule is CC(=O)OC[C@H]1O[C@@H]2OC(C)=C[C@@H]2[C@@H](OC(C)=O)[C@H]1OC(C)=O. The Balaban J connectivity index is 2.26. The molecule has 5 atom stereocenters. The van der Waals surface area contributed by atoms with E-state index in [1.165, 1.54) is 20.8 Å². The number of esters is 3. The predicted octanol–water partition coefficient (Wildman–Crippen LogP) is 0.688. The first-order chi connectivity index (χ1) is 10.8. The lowest BCUT2D eigenvalue weighted by molar-refractivity contribution is -0.265. The minimum Gasteiger partial charge on any atom is -0.469 e. The number of allylic oxidation sites excluding steroid dienone is 1. The maximum atomic E-state index is 11.4. The highest BCUT2D eigenvalue weighted by Gasteiger charge is 2.52. The summed E-state index contributed by atoms with van der Waals surface area (Å²) in [5, 5.41) is 0. The lowest BCUT2D eigenvalue weighted by Gasteiger charge is -2.41. The van der Waals surface area contributed by atoms with Gasteiger partial charge in [-0.05, 0) is 13.0 Å². The lowest BCUT2D eigenvalue weighted by atomic mass is 9.91. The smallest absolute Gasteiger partial charge is 0.303 e. The molecule has 23 heavy (non-hydrogen) atoms. The van der Waals surface area contributed by atoms with Crippen LogP contribution in [0.15, 0.2) is 11.8 Å². The molecule has 2 rings (SSSR count). The molecule has 2 heterocycles. The second kappa shape index (κ2) is 6.99. The molecule has 1 saturated heterocycles. The number of carbonyl (C=O) groups excluding carboxylic acids is 3. The fourth-order valence-electron chi connectivity index (χ4n) is 2.70. The largest absolute Gasteiger partial charge is 0.469 e. The zero-order valence-corrected chi connectivity index (χ0v) is 13.4. The van der Waals surface area contributed by atoms with E-state index in [9.17, 15) is 14.4 Å². The van der Waals surface area contributed by atoms with E-state index in [0.29, 0.717) is 5.76 Å². The van der Waals surface area contributed by atoms with Gasteiger partial charge in [0, 0.05) is 20.8 Å². The Morgan fingerprint density at radius 3 is 2.22 bits per heavy atom. The van der Waals surface area contributed by atoms with Crippen LogP contribution in [0.3, 0.4) is 0 Å². The summed E-state index contributed by atoms with van der Waals surface area (Å²) in [4.78, 5) is 33.9. The molecule has 0 bridgehead atoms. The topological polar surface area (TPSA) is 97.4 Å². The molecular formula is C15H20O8. The highest BCUT2D eigenvalue weighted by molar-refractivity contribution is 5.68. The van der Waals surface area contributed by atoms with E-state index in [0.717, 1.165) is 0 Å². The van der Waals surface area contributed by atoms with Crippen LogP contribution in [0.4, 0.5) is 0 Å². The molecule has 0 aliphatic carbocycles. The summed E-state index contributed by atoms with van der Waals surface area (Å²) in [5.74, 6) is -1.36. The summed E-state index contributed by atoms with van der Waals surface area (Å²) in [6.45, 7) is 5.37. The molecule has 0 aromatic heterocycles. The summed E-state index contributed by atoms with van der Waals surface area (Å²) in [5.41, 5.74) is 0. The molecule has 0 unspecified atom stereocenters. The fourth-order valence-corrected chi connectivity index (χ4v) is 2.70. The van der Waals surface area contributed by atoms with Crippen LogP contribution in [0.2, 0.25) is 0 Å². The molecule has 0 amide bonds. The molecule has 0 saturated carbocycles. The first-order valence-corrected chi connectivity index (χ1v) is 7.26. The van der Waals surface area contributed by atoms with Crippen LogP contribution in [0.5, 0.6) is 0 Å². The second-order valence-corrected chi connectivity index (χ2v) is 5.47. The molecule has 128 valence electrons. The van der Waals surface area contributed by atoms with Crippen LogP contribution in [0, 0.1) is 5.92 Å². The second-order valence-electron chi connectivity index (χ2n) is 5.47. The van der Waals surface area contributed by atoms with Gasteiger partial charge in [-0.3, -0.25) is 14.4 Å². The van der Waals surface area contributed by atoms with E-state index in [4.69, 9.17) is 23.7 Å². The van der Waals surface area contributed by atoms with Crippen LogP contribution in [0.1, 0.15) is 27.7 Å². The van der Waals surface area contributed by atoms with Gasteiger partial charge in [-0.25, -0.2) is 0 Å². The maximum absolute atomic E-state index is 11.4. The van der Waals surface area contributed by atoms with Gasteiger partial charge in [-0.2, -0.15) is 0 Å². The van der Waals surface area contributed by atoms with E-state index in [1.54, 1.807) is 13.0 Å². The van der Waals surface area contributed by atoms with Crippen LogP contribution in [0.25, 0.3) is 0 Å². The van der Waals surface area contributed by atoms with E-state index >= 15 is 0 Å². The van der Waals surface area contributed by atoms with Gasteiger partial charge in [0.2, 0.25) is 6.29 Å². The van der Waals surface area contributed by atoms with E-state index in [1.807, 2.05) is 0 Å². The van der Waals surface area contributed by atoms with Crippen molar-refractivity contribution < 1.29 is 38.1 Å². The zero-order chi connectivity index (χ0) is 17.1. The molecule has 1 fully saturated rings. The molecule has 0 aromatic rings. The van der Waals surface area contributed by atoms with Gasteiger partial charge >= 0.3 is 17.9 Å². The fraction of sp³-hybridized carbons (Fsp3) is 0.667. The Morgan fingerprint density at radius 2 is 1.65 bits per heavy atom. The molecule has 8 nitrogen and oxygen atoms in total. The van der Waals surface area contributed by atoms with E-state index < -0.39 is 48.4 Å².